The lowest BCUT2D eigenvalue weighted by Crippen LogP contribution is -2.26. The fourth-order valence-corrected chi connectivity index (χ4v) is 3.67. The Hall–Kier alpha value is -3.15. The molecule has 27 heavy (non-hydrogen) atoms. The summed E-state index contributed by atoms with van der Waals surface area (Å²) in [7, 11) is 0. The van der Waals surface area contributed by atoms with Crippen LogP contribution in [-0.2, 0) is 13.0 Å². The monoisotopic (exact) mass is 363 g/mol. The van der Waals surface area contributed by atoms with Crippen molar-refractivity contribution in [3.63, 3.8) is 0 Å². The van der Waals surface area contributed by atoms with Crippen molar-refractivity contribution in [2.45, 2.75) is 39.7 Å². The highest BCUT2D eigenvalue weighted by molar-refractivity contribution is 6.10. The number of para-hydroxylation sites is 1. The minimum absolute atomic E-state index is 0.00677. The van der Waals surface area contributed by atoms with Crippen molar-refractivity contribution in [3.8, 4) is 5.69 Å². The van der Waals surface area contributed by atoms with E-state index in [0.717, 1.165) is 23.5 Å². The maximum atomic E-state index is 12.8. The average Bonchev–Trinajstić information content (AvgIpc) is 3.23. The smallest absolute Gasteiger partial charge is 0.255 e. The van der Waals surface area contributed by atoms with Crippen LogP contribution < -0.4 is 5.32 Å². The van der Waals surface area contributed by atoms with Crippen molar-refractivity contribution in [1.82, 2.24) is 14.9 Å². The molecular weight excluding hydrogens is 342 g/mol. The van der Waals surface area contributed by atoms with Crippen molar-refractivity contribution >= 4 is 11.7 Å². The molecule has 0 aliphatic heterocycles. The molecule has 1 aliphatic rings. The van der Waals surface area contributed by atoms with Gasteiger partial charge >= 0.3 is 0 Å². The Morgan fingerprint density at radius 2 is 2.07 bits per heavy atom. The largest absolute Gasteiger partial charge is 0.465 e. The van der Waals surface area contributed by atoms with Gasteiger partial charge in [0, 0.05) is 31.8 Å². The van der Waals surface area contributed by atoms with Gasteiger partial charge in [-0.05, 0) is 31.9 Å². The van der Waals surface area contributed by atoms with E-state index in [1.165, 1.54) is 0 Å². The van der Waals surface area contributed by atoms with E-state index in [4.69, 9.17) is 4.42 Å². The number of hydrogen-bond donors (Lipinski definition) is 1. The van der Waals surface area contributed by atoms with E-state index in [2.05, 4.69) is 10.3 Å². The number of carbonyl (C=O) groups excluding carboxylic acids is 2. The van der Waals surface area contributed by atoms with Crippen molar-refractivity contribution in [2.75, 3.05) is 0 Å². The maximum absolute atomic E-state index is 12.8. The summed E-state index contributed by atoms with van der Waals surface area (Å²) in [4.78, 5) is 29.4. The van der Waals surface area contributed by atoms with Crippen molar-refractivity contribution in [2.24, 2.45) is 0 Å². The first kappa shape index (κ1) is 17.3. The molecule has 0 atom stereocenters. The third-order valence-corrected chi connectivity index (χ3v) is 4.99. The number of amides is 1. The Labute approximate surface area is 157 Å². The number of carbonyl (C=O) groups is 2. The number of aromatic nitrogens is 2. The van der Waals surface area contributed by atoms with Crippen LogP contribution in [0.1, 0.15) is 56.5 Å². The van der Waals surface area contributed by atoms with Gasteiger partial charge in [-0.2, -0.15) is 0 Å². The molecule has 3 aromatic rings. The van der Waals surface area contributed by atoms with Gasteiger partial charge in [0.1, 0.15) is 17.3 Å². The van der Waals surface area contributed by atoms with Crippen LogP contribution in [0.4, 0.5) is 0 Å². The van der Waals surface area contributed by atoms with Crippen molar-refractivity contribution in [3.05, 3.63) is 70.7 Å². The number of fused-ring (bicyclic) bond motifs is 1. The molecule has 1 aromatic carbocycles. The Balaban J connectivity index is 1.59. The highest BCUT2D eigenvalue weighted by atomic mass is 16.3. The average molecular weight is 363 g/mol. The van der Waals surface area contributed by atoms with Gasteiger partial charge in [-0.25, -0.2) is 4.98 Å². The molecular formula is C21H21N3O3. The molecule has 0 saturated heterocycles. The summed E-state index contributed by atoms with van der Waals surface area (Å²) in [5.74, 6) is 1.74. The molecule has 0 unspecified atom stereocenters. The lowest BCUT2D eigenvalue weighted by atomic mass is 9.93. The summed E-state index contributed by atoms with van der Waals surface area (Å²) < 4.78 is 7.67. The van der Waals surface area contributed by atoms with E-state index in [0.29, 0.717) is 42.0 Å². The Morgan fingerprint density at radius 3 is 2.85 bits per heavy atom. The number of imidazole rings is 1. The standard InChI is InChI=1S/C21H21N3O3/c1-13-19(20-17(25)8-5-9-18(20)27-13)21(26)23-12-15-6-3-4-7-16(15)24-11-10-22-14(24)2/h3-4,6-7,10-11H,5,8-9,12H2,1-2H3,(H,23,26). The molecule has 6 nitrogen and oxygen atoms in total. The predicted molar refractivity (Wildman–Crippen MR) is 100 cm³/mol. The van der Waals surface area contributed by atoms with Gasteiger partial charge < -0.3 is 14.3 Å². The third kappa shape index (κ3) is 3.07. The Kier molecular flexibility index (Phi) is 4.39. The van der Waals surface area contributed by atoms with Gasteiger partial charge in [0.25, 0.3) is 5.91 Å². The first-order chi connectivity index (χ1) is 13.1. The number of benzene rings is 1. The van der Waals surface area contributed by atoms with E-state index in [1.807, 2.05) is 42.0 Å². The number of ketones is 1. The second kappa shape index (κ2) is 6.87. The van der Waals surface area contributed by atoms with E-state index >= 15 is 0 Å². The second-order valence-electron chi connectivity index (χ2n) is 6.76. The number of Topliss-reactive ketones (excluding diaryl/α,β-unsaturated/α-hetero) is 1. The van der Waals surface area contributed by atoms with Crippen LogP contribution >= 0.6 is 0 Å². The first-order valence-corrected chi connectivity index (χ1v) is 9.08. The Bertz CT molecular complexity index is 1030. The van der Waals surface area contributed by atoms with Crippen LogP contribution in [0.25, 0.3) is 5.69 Å². The normalized spacial score (nSPS) is 13.5. The van der Waals surface area contributed by atoms with E-state index < -0.39 is 0 Å². The highest BCUT2D eigenvalue weighted by Crippen LogP contribution is 2.29. The zero-order chi connectivity index (χ0) is 19.0. The van der Waals surface area contributed by atoms with Gasteiger partial charge in [0.2, 0.25) is 0 Å². The zero-order valence-corrected chi connectivity index (χ0v) is 15.4. The van der Waals surface area contributed by atoms with Crippen LogP contribution in [0.3, 0.4) is 0 Å². The van der Waals surface area contributed by atoms with E-state index in [1.54, 1.807) is 13.1 Å². The molecule has 138 valence electrons. The lowest BCUT2D eigenvalue weighted by molar-refractivity contribution is 0.0926. The number of rotatable bonds is 4. The summed E-state index contributed by atoms with van der Waals surface area (Å²) in [5.41, 5.74) is 2.78. The van der Waals surface area contributed by atoms with Gasteiger partial charge in [-0.3, -0.25) is 9.59 Å². The predicted octanol–water partition coefficient (Wildman–Crippen LogP) is 3.53. The molecule has 0 saturated carbocycles. The van der Waals surface area contributed by atoms with Crippen molar-refractivity contribution in [1.29, 1.82) is 0 Å². The minimum atomic E-state index is -0.273. The Morgan fingerprint density at radius 1 is 1.26 bits per heavy atom. The summed E-state index contributed by atoms with van der Waals surface area (Å²) >= 11 is 0. The van der Waals surface area contributed by atoms with Gasteiger partial charge in [0.05, 0.1) is 16.8 Å². The van der Waals surface area contributed by atoms with Crippen LogP contribution in [0.2, 0.25) is 0 Å². The molecule has 1 aliphatic carbocycles. The SMILES string of the molecule is Cc1oc2c(c1C(=O)NCc1ccccc1-n1ccnc1C)C(=O)CCC2. The van der Waals surface area contributed by atoms with Crippen LogP contribution in [0.5, 0.6) is 0 Å². The molecule has 0 radical (unpaired) electrons. The first-order valence-electron chi connectivity index (χ1n) is 9.08. The molecule has 2 heterocycles. The molecule has 0 bridgehead atoms. The summed E-state index contributed by atoms with van der Waals surface area (Å²) in [6.45, 7) is 4.02. The third-order valence-electron chi connectivity index (χ3n) is 4.99. The summed E-state index contributed by atoms with van der Waals surface area (Å²) in [6.07, 6.45) is 5.59. The van der Waals surface area contributed by atoms with E-state index in [-0.39, 0.29) is 11.7 Å². The van der Waals surface area contributed by atoms with E-state index in [9.17, 15) is 9.59 Å². The number of furan rings is 1. The minimum Gasteiger partial charge on any atom is -0.465 e. The molecule has 0 spiro atoms. The van der Waals surface area contributed by atoms with Crippen LogP contribution in [0.15, 0.2) is 41.1 Å². The summed E-state index contributed by atoms with van der Waals surface area (Å²) in [5, 5.41) is 2.95. The van der Waals surface area contributed by atoms with Gasteiger partial charge in [-0.15, -0.1) is 0 Å². The lowest BCUT2D eigenvalue weighted by Gasteiger charge is -2.13. The fourth-order valence-electron chi connectivity index (χ4n) is 3.67. The second-order valence-corrected chi connectivity index (χ2v) is 6.76. The van der Waals surface area contributed by atoms with Gasteiger partial charge in [0.15, 0.2) is 5.78 Å². The molecule has 0 fully saturated rings. The molecule has 1 N–H and O–H groups in total. The molecule has 6 heteroatoms. The quantitative estimate of drug-likeness (QED) is 0.769. The van der Waals surface area contributed by atoms with Gasteiger partial charge in [-0.1, -0.05) is 18.2 Å². The number of nitrogens with zero attached hydrogens (tertiary/aromatic N) is 2. The number of aryl methyl sites for hydroxylation is 3. The zero-order valence-electron chi connectivity index (χ0n) is 15.4. The molecule has 4 rings (SSSR count). The number of hydrogen-bond acceptors (Lipinski definition) is 4. The summed E-state index contributed by atoms with van der Waals surface area (Å²) in [6, 6.07) is 7.85. The highest BCUT2D eigenvalue weighted by Gasteiger charge is 2.30. The molecule has 2 aromatic heterocycles. The van der Waals surface area contributed by atoms with Crippen molar-refractivity contribution < 1.29 is 14.0 Å². The fraction of sp³-hybridized carbons (Fsp3) is 0.286. The molecule has 1 amide bonds. The number of nitrogens with one attached hydrogen (secondary N) is 1. The topological polar surface area (TPSA) is 77.1 Å². The van der Waals surface area contributed by atoms with Crippen LogP contribution in [0, 0.1) is 13.8 Å². The van der Waals surface area contributed by atoms with Crippen LogP contribution in [-0.4, -0.2) is 21.2 Å². The maximum Gasteiger partial charge on any atom is 0.255 e.